The summed E-state index contributed by atoms with van der Waals surface area (Å²) in [6.45, 7) is 8.87. The lowest BCUT2D eigenvalue weighted by atomic mass is 10.0. The van der Waals surface area contributed by atoms with Gasteiger partial charge in [0.15, 0.2) is 0 Å². The molecule has 0 aliphatic heterocycles. The molecule has 0 saturated heterocycles. The minimum absolute atomic E-state index is 0.152. The van der Waals surface area contributed by atoms with Crippen LogP contribution in [0.15, 0.2) is 36.4 Å². The van der Waals surface area contributed by atoms with Crippen molar-refractivity contribution in [2.45, 2.75) is 27.7 Å². The van der Waals surface area contributed by atoms with Gasteiger partial charge < -0.3 is 14.8 Å². The van der Waals surface area contributed by atoms with Gasteiger partial charge >= 0.3 is 0 Å². The van der Waals surface area contributed by atoms with E-state index in [4.69, 9.17) is 9.47 Å². The summed E-state index contributed by atoms with van der Waals surface area (Å²) in [6, 6.07) is 11.1. The Morgan fingerprint density at radius 3 is 2.48 bits per heavy atom. The van der Waals surface area contributed by atoms with Gasteiger partial charge in [-0.05, 0) is 57.0 Å². The maximum Gasteiger partial charge on any atom is 0.256 e. The Morgan fingerprint density at radius 2 is 1.78 bits per heavy atom. The summed E-state index contributed by atoms with van der Waals surface area (Å²) in [4.78, 5) is 12.6. The fraction of sp³-hybridized carbons (Fsp3) is 0.316. The van der Waals surface area contributed by atoms with Crippen LogP contribution in [0.4, 0.5) is 5.69 Å². The van der Waals surface area contributed by atoms with E-state index in [-0.39, 0.29) is 5.91 Å². The smallest absolute Gasteiger partial charge is 0.256 e. The summed E-state index contributed by atoms with van der Waals surface area (Å²) < 4.78 is 11.1. The van der Waals surface area contributed by atoms with Crippen LogP contribution in [-0.4, -0.2) is 19.1 Å². The van der Waals surface area contributed by atoms with E-state index in [9.17, 15) is 4.79 Å². The number of ether oxygens (including phenoxy) is 2. The maximum atomic E-state index is 12.6. The van der Waals surface area contributed by atoms with Crippen molar-refractivity contribution >= 4 is 11.6 Å². The molecule has 0 aliphatic carbocycles. The molecule has 0 fully saturated rings. The molecule has 23 heavy (non-hydrogen) atoms. The third-order valence-corrected chi connectivity index (χ3v) is 3.66. The largest absolute Gasteiger partial charge is 0.494 e. The molecule has 0 bridgehead atoms. The zero-order chi connectivity index (χ0) is 16.8. The maximum absolute atomic E-state index is 12.6. The van der Waals surface area contributed by atoms with E-state index in [1.807, 2.05) is 58.0 Å². The molecule has 0 saturated carbocycles. The Labute approximate surface area is 137 Å². The summed E-state index contributed by atoms with van der Waals surface area (Å²) in [5, 5.41) is 2.93. The number of nitrogens with one attached hydrogen (secondary N) is 1. The zero-order valence-electron chi connectivity index (χ0n) is 14.1. The van der Waals surface area contributed by atoms with Gasteiger partial charge in [0.2, 0.25) is 0 Å². The van der Waals surface area contributed by atoms with E-state index in [1.54, 1.807) is 6.07 Å². The number of hydrogen-bond donors (Lipinski definition) is 1. The van der Waals surface area contributed by atoms with Gasteiger partial charge in [-0.3, -0.25) is 4.79 Å². The number of carbonyl (C=O) groups is 1. The van der Waals surface area contributed by atoms with Crippen LogP contribution in [0.5, 0.6) is 11.5 Å². The number of benzene rings is 2. The molecule has 2 aromatic carbocycles. The predicted molar refractivity (Wildman–Crippen MR) is 92.6 cm³/mol. The zero-order valence-corrected chi connectivity index (χ0v) is 14.1. The second-order valence-electron chi connectivity index (χ2n) is 5.23. The van der Waals surface area contributed by atoms with Crippen molar-refractivity contribution in [2.75, 3.05) is 18.5 Å². The summed E-state index contributed by atoms with van der Waals surface area (Å²) in [5.74, 6) is 1.18. The Balaban J connectivity index is 2.31. The van der Waals surface area contributed by atoms with Crippen LogP contribution in [0, 0.1) is 13.8 Å². The molecule has 4 nitrogen and oxygen atoms in total. The molecule has 0 aromatic heterocycles. The van der Waals surface area contributed by atoms with Crippen molar-refractivity contribution in [1.82, 2.24) is 0 Å². The van der Waals surface area contributed by atoms with Crippen LogP contribution in [0.25, 0.3) is 0 Å². The van der Waals surface area contributed by atoms with Crippen LogP contribution >= 0.6 is 0 Å². The van der Waals surface area contributed by atoms with Gasteiger partial charge in [-0.25, -0.2) is 0 Å². The van der Waals surface area contributed by atoms with Crippen molar-refractivity contribution < 1.29 is 14.3 Å². The summed E-state index contributed by atoms with van der Waals surface area (Å²) in [6.07, 6.45) is 0. The van der Waals surface area contributed by atoms with Crippen LogP contribution in [-0.2, 0) is 0 Å². The molecule has 0 spiro atoms. The Bertz CT molecular complexity index is 695. The number of anilines is 1. The van der Waals surface area contributed by atoms with E-state index in [0.717, 1.165) is 11.1 Å². The first-order valence-electron chi connectivity index (χ1n) is 7.84. The van der Waals surface area contributed by atoms with E-state index in [2.05, 4.69) is 5.32 Å². The highest BCUT2D eigenvalue weighted by Gasteiger charge is 2.14. The quantitative estimate of drug-likeness (QED) is 0.862. The van der Waals surface area contributed by atoms with Crippen molar-refractivity contribution in [3.05, 3.63) is 53.1 Å². The molecule has 0 atom stereocenters. The molecule has 122 valence electrons. The Hall–Kier alpha value is -2.49. The summed E-state index contributed by atoms with van der Waals surface area (Å²) >= 11 is 0. The van der Waals surface area contributed by atoms with E-state index < -0.39 is 0 Å². The average molecular weight is 313 g/mol. The highest BCUT2D eigenvalue weighted by atomic mass is 16.5. The van der Waals surface area contributed by atoms with Gasteiger partial charge in [0, 0.05) is 11.6 Å². The highest BCUT2D eigenvalue weighted by Crippen LogP contribution is 2.30. The lowest BCUT2D eigenvalue weighted by Crippen LogP contribution is -2.15. The molecule has 2 aromatic rings. The van der Waals surface area contributed by atoms with Crippen molar-refractivity contribution in [1.29, 1.82) is 0 Å². The molecule has 0 unspecified atom stereocenters. The van der Waals surface area contributed by atoms with Gasteiger partial charge in [0.25, 0.3) is 5.91 Å². The normalized spacial score (nSPS) is 10.3. The third kappa shape index (κ3) is 4.03. The van der Waals surface area contributed by atoms with Crippen LogP contribution in [0.1, 0.15) is 35.3 Å². The van der Waals surface area contributed by atoms with Gasteiger partial charge in [0.1, 0.15) is 11.5 Å². The molecule has 4 heteroatoms. The van der Waals surface area contributed by atoms with Crippen molar-refractivity contribution in [2.24, 2.45) is 0 Å². The minimum Gasteiger partial charge on any atom is -0.494 e. The van der Waals surface area contributed by atoms with Gasteiger partial charge in [-0.2, -0.15) is 0 Å². The van der Waals surface area contributed by atoms with E-state index in [0.29, 0.717) is 36.0 Å². The molecule has 2 rings (SSSR count). The van der Waals surface area contributed by atoms with Crippen molar-refractivity contribution in [3.8, 4) is 11.5 Å². The molecular formula is C19H23NO3. The van der Waals surface area contributed by atoms with Crippen LogP contribution in [0.2, 0.25) is 0 Å². The van der Waals surface area contributed by atoms with Crippen LogP contribution in [0.3, 0.4) is 0 Å². The van der Waals surface area contributed by atoms with Crippen LogP contribution < -0.4 is 14.8 Å². The van der Waals surface area contributed by atoms with Crippen molar-refractivity contribution in [3.63, 3.8) is 0 Å². The molecular weight excluding hydrogens is 290 g/mol. The number of hydrogen-bond acceptors (Lipinski definition) is 3. The highest BCUT2D eigenvalue weighted by molar-refractivity contribution is 6.06. The number of rotatable bonds is 6. The molecule has 0 heterocycles. The van der Waals surface area contributed by atoms with E-state index >= 15 is 0 Å². The molecule has 0 radical (unpaired) electrons. The molecule has 0 aliphatic rings. The first-order valence-corrected chi connectivity index (χ1v) is 7.84. The second kappa shape index (κ2) is 7.68. The van der Waals surface area contributed by atoms with Gasteiger partial charge in [-0.1, -0.05) is 12.1 Å². The first-order chi connectivity index (χ1) is 11.1. The predicted octanol–water partition coefficient (Wildman–Crippen LogP) is 4.35. The summed E-state index contributed by atoms with van der Waals surface area (Å²) in [5.41, 5.74) is 3.34. The SMILES string of the molecule is CCOc1ccc(OCC)c(NC(=O)c2cccc(C)c2C)c1. The number of aryl methyl sites for hydroxylation is 1. The topological polar surface area (TPSA) is 47.6 Å². The lowest BCUT2D eigenvalue weighted by molar-refractivity contribution is 0.102. The Kier molecular flexibility index (Phi) is 5.63. The fourth-order valence-corrected chi connectivity index (χ4v) is 2.33. The monoisotopic (exact) mass is 313 g/mol. The Morgan fingerprint density at radius 1 is 1.04 bits per heavy atom. The number of amides is 1. The first kappa shape index (κ1) is 16.9. The standard InChI is InChI=1S/C19H23NO3/c1-5-22-15-10-11-18(23-6-2)17(12-15)20-19(21)16-9-7-8-13(3)14(16)4/h7-12H,5-6H2,1-4H3,(H,20,21). The summed E-state index contributed by atoms with van der Waals surface area (Å²) in [7, 11) is 0. The molecule has 1 N–H and O–H groups in total. The number of carbonyl (C=O) groups excluding carboxylic acids is 1. The average Bonchev–Trinajstić information content (AvgIpc) is 2.53. The van der Waals surface area contributed by atoms with Gasteiger partial charge in [-0.15, -0.1) is 0 Å². The second-order valence-corrected chi connectivity index (χ2v) is 5.23. The lowest BCUT2D eigenvalue weighted by Gasteiger charge is -2.14. The third-order valence-electron chi connectivity index (χ3n) is 3.66. The van der Waals surface area contributed by atoms with Gasteiger partial charge in [0.05, 0.1) is 18.9 Å². The minimum atomic E-state index is -0.152. The van der Waals surface area contributed by atoms with E-state index in [1.165, 1.54) is 0 Å². The molecule has 1 amide bonds. The fourth-order valence-electron chi connectivity index (χ4n) is 2.33.